The number of hydrogen-bond donors (Lipinski definition) is 3. The summed E-state index contributed by atoms with van der Waals surface area (Å²) in [5, 5.41) is 10.7. The molecule has 0 aliphatic rings. The first-order chi connectivity index (χ1) is 50.0. The van der Waals surface area contributed by atoms with Crippen LogP contribution in [0.5, 0.6) is 0 Å². The lowest BCUT2D eigenvalue weighted by Crippen LogP contribution is -2.30. The molecule has 0 spiro atoms. The molecule has 0 heterocycles. The molecule has 0 radical (unpaired) electrons. The first kappa shape index (κ1) is 101. The predicted octanol–water partition coefficient (Wildman–Crippen LogP) is 25.6. The molecule has 0 saturated carbocycles. The van der Waals surface area contributed by atoms with E-state index in [1.807, 2.05) is 0 Å². The lowest BCUT2D eigenvalue weighted by molar-refractivity contribution is -0.161. The van der Waals surface area contributed by atoms with Crippen molar-refractivity contribution in [3.05, 3.63) is 0 Å². The summed E-state index contributed by atoms with van der Waals surface area (Å²) in [5.74, 6) is -1.29. The number of carbonyl (C=O) groups is 4. The number of carbonyl (C=O) groups excluding carboxylic acids is 4. The number of esters is 4. The molecule has 5 atom stereocenters. The summed E-state index contributed by atoms with van der Waals surface area (Å²) < 4.78 is 68.9. The molecule has 3 N–H and O–H groups in total. The number of phosphoric acid groups is 2. The van der Waals surface area contributed by atoms with Crippen molar-refractivity contribution in [3.63, 3.8) is 0 Å². The zero-order chi connectivity index (χ0) is 75.5. The van der Waals surface area contributed by atoms with E-state index in [0.29, 0.717) is 25.7 Å². The van der Waals surface area contributed by atoms with Crippen molar-refractivity contribution in [3.8, 4) is 0 Å². The molecule has 0 aromatic heterocycles. The van der Waals surface area contributed by atoms with Crippen molar-refractivity contribution >= 4 is 39.5 Å². The smallest absolute Gasteiger partial charge is 0.462 e. The van der Waals surface area contributed by atoms with Crippen LogP contribution >= 0.6 is 15.6 Å². The number of aliphatic hydroxyl groups is 1. The van der Waals surface area contributed by atoms with Crippen LogP contribution < -0.4 is 0 Å². The van der Waals surface area contributed by atoms with Gasteiger partial charge >= 0.3 is 39.5 Å². The van der Waals surface area contributed by atoms with Crippen LogP contribution in [-0.4, -0.2) is 96.7 Å². The van der Waals surface area contributed by atoms with E-state index < -0.39 is 97.5 Å². The van der Waals surface area contributed by atoms with E-state index in [1.165, 1.54) is 276 Å². The third kappa shape index (κ3) is 78.0. The van der Waals surface area contributed by atoms with E-state index in [-0.39, 0.29) is 25.7 Å². The van der Waals surface area contributed by atoms with E-state index in [9.17, 15) is 43.2 Å². The maximum Gasteiger partial charge on any atom is 0.472 e. The predicted molar refractivity (Wildman–Crippen MR) is 423 cm³/mol. The summed E-state index contributed by atoms with van der Waals surface area (Å²) in [6.07, 6.45) is 69.2. The minimum absolute atomic E-state index is 0.109. The fourth-order valence-corrected chi connectivity index (χ4v) is 14.7. The van der Waals surface area contributed by atoms with Crippen molar-refractivity contribution in [2.75, 3.05) is 39.6 Å². The number of ether oxygens (including phenoxy) is 4. The minimum Gasteiger partial charge on any atom is -0.462 e. The van der Waals surface area contributed by atoms with Crippen LogP contribution in [0.1, 0.15) is 452 Å². The molecule has 17 nitrogen and oxygen atoms in total. The van der Waals surface area contributed by atoms with Gasteiger partial charge in [0, 0.05) is 25.7 Å². The second-order valence-corrected chi connectivity index (χ2v) is 33.6. The van der Waals surface area contributed by atoms with Gasteiger partial charge in [-0.1, -0.05) is 401 Å². The zero-order valence-electron chi connectivity index (χ0n) is 67.5. The second kappa shape index (κ2) is 76.8. The summed E-state index contributed by atoms with van der Waals surface area (Å²) in [7, 11) is -9.92. The van der Waals surface area contributed by atoms with Crippen LogP contribution in [0.2, 0.25) is 0 Å². The second-order valence-electron chi connectivity index (χ2n) is 30.7. The standard InChI is InChI=1S/C84H164O17P2/c1-6-9-12-15-18-21-24-27-29-30-31-35-39-43-48-53-58-63-68-82(87)95-74-80(101-84(89)70-65-60-55-50-45-40-36-33-32-34-37-41-46-51-56-61-66-77(4)5)76-99-103(92,93)97-72-78(85)71-96-102(90,91)98-75-79(73-94-81(86)67-62-57-52-47-42-26-23-20-17-14-11-8-3)100-83(88)69-64-59-54-49-44-38-28-25-22-19-16-13-10-7-2/h77-80,85H,6-76H2,1-5H3,(H,90,91)(H,92,93)/t78-,79+,80+/m0/s1. The topological polar surface area (TPSA) is 237 Å². The number of unbranched alkanes of at least 4 members (excludes halogenated alkanes) is 56. The third-order valence-electron chi connectivity index (χ3n) is 19.8. The van der Waals surface area contributed by atoms with Crippen LogP contribution in [0.15, 0.2) is 0 Å². The molecule has 103 heavy (non-hydrogen) atoms. The van der Waals surface area contributed by atoms with Crippen LogP contribution in [0.3, 0.4) is 0 Å². The average molecular weight is 1510 g/mol. The summed E-state index contributed by atoms with van der Waals surface area (Å²) >= 11 is 0. The maximum absolute atomic E-state index is 13.1. The zero-order valence-corrected chi connectivity index (χ0v) is 69.3. The Morgan fingerprint density at radius 1 is 0.262 bits per heavy atom. The molecular formula is C84H164O17P2. The maximum atomic E-state index is 13.1. The van der Waals surface area contributed by atoms with E-state index >= 15 is 0 Å². The van der Waals surface area contributed by atoms with Gasteiger partial charge in [0.2, 0.25) is 0 Å². The van der Waals surface area contributed by atoms with Gasteiger partial charge in [-0.3, -0.25) is 37.3 Å². The van der Waals surface area contributed by atoms with Crippen LogP contribution in [0.25, 0.3) is 0 Å². The van der Waals surface area contributed by atoms with Crippen molar-refractivity contribution in [1.82, 2.24) is 0 Å². The van der Waals surface area contributed by atoms with Gasteiger partial charge < -0.3 is 33.8 Å². The Morgan fingerprint density at radius 2 is 0.447 bits per heavy atom. The molecule has 0 aromatic rings. The van der Waals surface area contributed by atoms with Gasteiger partial charge in [0.25, 0.3) is 0 Å². The van der Waals surface area contributed by atoms with Crippen LogP contribution in [0.4, 0.5) is 0 Å². The number of phosphoric ester groups is 2. The fraction of sp³-hybridized carbons (Fsp3) is 0.952. The van der Waals surface area contributed by atoms with Crippen LogP contribution in [0, 0.1) is 5.92 Å². The summed E-state index contributed by atoms with van der Waals surface area (Å²) in [5.41, 5.74) is 0. The van der Waals surface area contributed by atoms with Crippen molar-refractivity contribution in [2.24, 2.45) is 5.92 Å². The Kier molecular flexibility index (Phi) is 75.4. The fourth-order valence-electron chi connectivity index (χ4n) is 13.1. The van der Waals surface area contributed by atoms with Gasteiger partial charge in [-0.15, -0.1) is 0 Å². The Morgan fingerprint density at radius 3 is 0.660 bits per heavy atom. The first-order valence-electron chi connectivity index (χ1n) is 43.6. The monoisotopic (exact) mass is 1510 g/mol. The molecule has 612 valence electrons. The van der Waals surface area contributed by atoms with E-state index in [0.717, 1.165) is 95.8 Å². The molecule has 0 amide bonds. The van der Waals surface area contributed by atoms with Gasteiger partial charge in [-0.05, 0) is 31.6 Å². The van der Waals surface area contributed by atoms with Gasteiger partial charge in [0.05, 0.1) is 26.4 Å². The Bertz CT molecular complexity index is 1960. The van der Waals surface area contributed by atoms with Crippen LogP contribution in [-0.2, 0) is 65.4 Å². The SMILES string of the molecule is CCCCCCCCCCCCCCCCCCCCC(=O)OC[C@H](COP(=O)(O)OC[C@@H](O)COP(=O)(O)OC[C@@H](COC(=O)CCCCCCCCCCCCCC)OC(=O)CCCCCCCCCCCCCCCC)OC(=O)CCCCCCCCCCCCCCCCCCC(C)C. The highest BCUT2D eigenvalue weighted by atomic mass is 31.2. The molecule has 2 unspecified atom stereocenters. The Balaban J connectivity index is 5.25. The minimum atomic E-state index is -4.96. The molecule has 0 fully saturated rings. The molecule has 0 saturated heterocycles. The molecule has 19 heteroatoms. The summed E-state index contributed by atoms with van der Waals surface area (Å²) in [6.45, 7) is 7.39. The number of rotatable bonds is 84. The molecule has 0 bridgehead atoms. The van der Waals surface area contributed by atoms with E-state index in [2.05, 4.69) is 34.6 Å². The lowest BCUT2D eigenvalue weighted by atomic mass is 10.0. The quantitative estimate of drug-likeness (QED) is 0.0222. The summed E-state index contributed by atoms with van der Waals surface area (Å²) in [4.78, 5) is 73.2. The largest absolute Gasteiger partial charge is 0.472 e. The van der Waals surface area contributed by atoms with Gasteiger partial charge in [-0.2, -0.15) is 0 Å². The Labute approximate surface area is 632 Å². The number of aliphatic hydroxyl groups excluding tert-OH is 1. The van der Waals surface area contributed by atoms with Crippen molar-refractivity contribution in [1.29, 1.82) is 0 Å². The average Bonchev–Trinajstić information content (AvgIpc) is 0.960. The first-order valence-corrected chi connectivity index (χ1v) is 46.6. The normalized spacial score (nSPS) is 13.8. The van der Waals surface area contributed by atoms with Gasteiger partial charge in [0.1, 0.15) is 19.3 Å². The van der Waals surface area contributed by atoms with Crippen molar-refractivity contribution < 1.29 is 80.2 Å². The highest BCUT2D eigenvalue weighted by Gasteiger charge is 2.30. The van der Waals surface area contributed by atoms with Gasteiger partial charge in [-0.25, -0.2) is 9.13 Å². The van der Waals surface area contributed by atoms with Crippen molar-refractivity contribution in [2.45, 2.75) is 470 Å². The summed E-state index contributed by atoms with van der Waals surface area (Å²) in [6, 6.07) is 0. The molecular weight excluding hydrogens is 1340 g/mol. The molecule has 0 aliphatic carbocycles. The van der Waals surface area contributed by atoms with E-state index in [1.54, 1.807) is 0 Å². The molecule has 0 aromatic carbocycles. The highest BCUT2D eigenvalue weighted by molar-refractivity contribution is 7.47. The highest BCUT2D eigenvalue weighted by Crippen LogP contribution is 2.45. The number of hydrogen-bond acceptors (Lipinski definition) is 15. The third-order valence-corrected chi connectivity index (χ3v) is 21.7. The van der Waals surface area contributed by atoms with Gasteiger partial charge in [0.15, 0.2) is 12.2 Å². The molecule has 0 aliphatic heterocycles. The lowest BCUT2D eigenvalue weighted by Gasteiger charge is -2.21. The Hall–Kier alpha value is -1.94. The molecule has 0 rings (SSSR count). The van der Waals surface area contributed by atoms with E-state index in [4.69, 9.17) is 37.0 Å².